The molecule has 2 saturated heterocycles. The molecular formula is C20H34N4O2. The number of rotatable bonds is 7. The first-order valence-corrected chi connectivity index (χ1v) is 10.1. The summed E-state index contributed by atoms with van der Waals surface area (Å²) in [4.78, 5) is 21.0. The van der Waals surface area contributed by atoms with E-state index >= 15 is 0 Å². The maximum absolute atomic E-state index is 12.2. The highest BCUT2D eigenvalue weighted by Crippen LogP contribution is 2.34. The largest absolute Gasteiger partial charge is 0.441 e. The van der Waals surface area contributed by atoms with Gasteiger partial charge in [0.1, 0.15) is 11.4 Å². The van der Waals surface area contributed by atoms with Gasteiger partial charge in [0.05, 0.1) is 6.54 Å². The van der Waals surface area contributed by atoms with Crippen molar-refractivity contribution >= 4 is 6.09 Å². The smallest absolute Gasteiger partial charge is 0.410 e. The molecule has 3 rings (SSSR count). The molecule has 26 heavy (non-hydrogen) atoms. The van der Waals surface area contributed by atoms with Crippen molar-refractivity contribution in [3.8, 4) is 0 Å². The molecule has 0 aliphatic carbocycles. The lowest BCUT2D eigenvalue weighted by Gasteiger charge is -2.40. The summed E-state index contributed by atoms with van der Waals surface area (Å²) in [5.74, 6) is 1.69. The summed E-state index contributed by atoms with van der Waals surface area (Å²) < 4.78 is 8.06. The minimum atomic E-state index is -0.245. The lowest BCUT2D eigenvalue weighted by atomic mass is 9.90. The highest BCUT2D eigenvalue weighted by molar-refractivity contribution is 5.70. The van der Waals surface area contributed by atoms with Crippen LogP contribution < -0.4 is 0 Å². The van der Waals surface area contributed by atoms with Crippen LogP contribution in [0.3, 0.4) is 0 Å². The number of hydrogen-bond donors (Lipinski definition) is 0. The van der Waals surface area contributed by atoms with Gasteiger partial charge in [0.15, 0.2) is 0 Å². The van der Waals surface area contributed by atoms with Gasteiger partial charge in [-0.25, -0.2) is 9.78 Å². The number of piperidine rings is 1. The van der Waals surface area contributed by atoms with Gasteiger partial charge in [0.25, 0.3) is 0 Å². The number of hydrogen-bond acceptors (Lipinski definition) is 4. The number of nitrogens with zero attached hydrogens (tertiary/aromatic N) is 4. The number of ether oxygens (including phenoxy) is 1. The fraction of sp³-hybridized carbons (Fsp3) is 0.800. The van der Waals surface area contributed by atoms with Gasteiger partial charge in [-0.05, 0) is 32.6 Å². The highest BCUT2D eigenvalue weighted by Gasteiger charge is 2.47. The van der Waals surface area contributed by atoms with Crippen molar-refractivity contribution in [3.63, 3.8) is 0 Å². The topological polar surface area (TPSA) is 50.6 Å². The molecule has 1 amide bonds. The van der Waals surface area contributed by atoms with Crippen LogP contribution in [0.5, 0.6) is 0 Å². The second-order valence-electron chi connectivity index (χ2n) is 8.50. The lowest BCUT2D eigenvalue weighted by molar-refractivity contribution is -0.00943. The molecule has 6 nitrogen and oxygen atoms in total. The Balaban J connectivity index is 1.46. The van der Waals surface area contributed by atoms with E-state index in [1.54, 1.807) is 0 Å². The van der Waals surface area contributed by atoms with E-state index < -0.39 is 0 Å². The molecule has 6 heteroatoms. The van der Waals surface area contributed by atoms with E-state index in [4.69, 9.17) is 4.74 Å². The summed E-state index contributed by atoms with van der Waals surface area (Å²) in [5.41, 5.74) is -0.245. The minimum Gasteiger partial charge on any atom is -0.441 e. The van der Waals surface area contributed by atoms with Crippen molar-refractivity contribution in [2.75, 3.05) is 26.2 Å². The first-order chi connectivity index (χ1) is 12.4. The molecule has 0 bridgehead atoms. The average molecular weight is 363 g/mol. The maximum Gasteiger partial charge on any atom is 0.410 e. The van der Waals surface area contributed by atoms with Gasteiger partial charge >= 0.3 is 6.09 Å². The summed E-state index contributed by atoms with van der Waals surface area (Å²) >= 11 is 0. The molecule has 1 atom stereocenters. The van der Waals surface area contributed by atoms with Gasteiger partial charge in [0, 0.05) is 57.5 Å². The van der Waals surface area contributed by atoms with Crippen LogP contribution in [-0.4, -0.2) is 63.3 Å². The van der Waals surface area contributed by atoms with Crippen LogP contribution in [0.2, 0.25) is 0 Å². The molecule has 0 N–H and O–H groups in total. The monoisotopic (exact) mass is 362 g/mol. The van der Waals surface area contributed by atoms with Crippen molar-refractivity contribution in [1.29, 1.82) is 0 Å². The lowest BCUT2D eigenvalue weighted by Crippen LogP contribution is -2.49. The molecule has 1 aromatic rings. The molecule has 0 radical (unpaired) electrons. The number of carbonyl (C=O) groups excluding carboxylic acids is 1. The van der Waals surface area contributed by atoms with Gasteiger partial charge in [-0.2, -0.15) is 0 Å². The summed E-state index contributed by atoms with van der Waals surface area (Å²) in [6, 6.07) is 0.531. The Morgan fingerprint density at radius 3 is 2.54 bits per heavy atom. The summed E-state index contributed by atoms with van der Waals surface area (Å²) in [7, 11) is 0. The quantitative estimate of drug-likeness (QED) is 0.747. The van der Waals surface area contributed by atoms with E-state index in [1.165, 1.54) is 0 Å². The van der Waals surface area contributed by atoms with Crippen LogP contribution in [0.25, 0.3) is 0 Å². The molecule has 1 aromatic heterocycles. The Hall–Kier alpha value is -1.56. The minimum absolute atomic E-state index is 0.109. The first kappa shape index (κ1) is 19.2. The van der Waals surface area contributed by atoms with Crippen molar-refractivity contribution in [3.05, 3.63) is 18.2 Å². The van der Waals surface area contributed by atoms with Crippen molar-refractivity contribution < 1.29 is 9.53 Å². The normalized spacial score (nSPS) is 21.6. The number of aromatic nitrogens is 2. The van der Waals surface area contributed by atoms with Gasteiger partial charge < -0.3 is 19.1 Å². The van der Waals surface area contributed by atoms with Crippen molar-refractivity contribution in [2.45, 2.75) is 71.6 Å². The van der Waals surface area contributed by atoms with E-state index in [-0.39, 0.29) is 11.7 Å². The van der Waals surface area contributed by atoms with Crippen LogP contribution >= 0.6 is 0 Å². The second-order valence-corrected chi connectivity index (χ2v) is 8.50. The van der Waals surface area contributed by atoms with E-state index in [9.17, 15) is 4.79 Å². The Kier molecular flexibility index (Phi) is 5.90. The van der Waals surface area contributed by atoms with E-state index in [2.05, 4.69) is 48.3 Å². The molecule has 2 fully saturated rings. The van der Waals surface area contributed by atoms with Crippen LogP contribution in [0.15, 0.2) is 12.4 Å². The summed E-state index contributed by atoms with van der Waals surface area (Å²) in [6.45, 7) is 13.4. The third kappa shape index (κ3) is 4.40. The van der Waals surface area contributed by atoms with Gasteiger partial charge in [-0.15, -0.1) is 0 Å². The highest BCUT2D eigenvalue weighted by atomic mass is 16.6. The van der Waals surface area contributed by atoms with E-state index in [1.807, 2.05) is 11.1 Å². The van der Waals surface area contributed by atoms with Gasteiger partial charge in [0.2, 0.25) is 0 Å². The first-order valence-electron chi connectivity index (χ1n) is 10.1. The summed E-state index contributed by atoms with van der Waals surface area (Å²) in [5, 5.41) is 0. The molecule has 2 aliphatic rings. The van der Waals surface area contributed by atoms with Crippen LogP contribution in [0.4, 0.5) is 4.79 Å². The molecule has 0 saturated carbocycles. The zero-order valence-electron chi connectivity index (χ0n) is 16.8. The number of carbonyl (C=O) groups is 1. The molecular weight excluding hydrogens is 328 g/mol. The van der Waals surface area contributed by atoms with Crippen LogP contribution in [-0.2, 0) is 11.3 Å². The number of imidazole rings is 1. The molecule has 0 aromatic carbocycles. The third-order valence-electron chi connectivity index (χ3n) is 6.06. The molecule has 3 heterocycles. The molecule has 0 unspecified atom stereocenters. The van der Waals surface area contributed by atoms with Crippen LogP contribution in [0, 0.1) is 12.8 Å². The SMILES string of the molecule is Cc1nccn1CC[C@@H](C)N1CCC2(CC1)CN(CCC(C)C)C(=O)O2. The van der Waals surface area contributed by atoms with Gasteiger partial charge in [-0.3, -0.25) is 0 Å². The fourth-order valence-corrected chi connectivity index (χ4v) is 4.06. The average Bonchev–Trinajstić information content (AvgIpc) is 3.14. The van der Waals surface area contributed by atoms with Crippen molar-refractivity contribution in [2.24, 2.45) is 5.92 Å². The predicted octanol–water partition coefficient (Wildman–Crippen LogP) is 3.30. The number of amides is 1. The molecule has 2 aliphatic heterocycles. The Bertz CT molecular complexity index is 605. The summed E-state index contributed by atoms with van der Waals surface area (Å²) in [6.07, 6.45) is 7.87. The standard InChI is InChI=1S/C20H34N4O2/c1-16(2)5-10-24-15-20(26-19(24)25)7-12-22(13-8-20)17(3)6-11-23-14-9-21-18(23)4/h9,14,16-17H,5-8,10-13,15H2,1-4H3/t17-/m1/s1. The Morgan fingerprint density at radius 2 is 1.92 bits per heavy atom. The third-order valence-corrected chi connectivity index (χ3v) is 6.06. The van der Waals surface area contributed by atoms with Crippen LogP contribution in [0.1, 0.15) is 52.3 Å². The zero-order chi connectivity index (χ0) is 18.7. The van der Waals surface area contributed by atoms with Gasteiger partial charge in [-0.1, -0.05) is 13.8 Å². The second kappa shape index (κ2) is 7.99. The predicted molar refractivity (Wildman–Crippen MR) is 102 cm³/mol. The Labute approximate surface area is 157 Å². The number of likely N-dealkylation sites (tertiary alicyclic amines) is 1. The zero-order valence-corrected chi connectivity index (χ0v) is 16.8. The molecule has 1 spiro atoms. The fourth-order valence-electron chi connectivity index (χ4n) is 4.06. The maximum atomic E-state index is 12.2. The van der Waals surface area contributed by atoms with E-state index in [0.717, 1.165) is 64.2 Å². The number of aryl methyl sites for hydroxylation is 2. The van der Waals surface area contributed by atoms with Crippen molar-refractivity contribution in [1.82, 2.24) is 19.4 Å². The Morgan fingerprint density at radius 1 is 1.19 bits per heavy atom. The molecule has 146 valence electrons. The van der Waals surface area contributed by atoms with E-state index in [0.29, 0.717) is 12.0 Å².